The van der Waals surface area contributed by atoms with Gasteiger partial charge in [0, 0.05) is 31.1 Å². The molecule has 2 heterocycles. The summed E-state index contributed by atoms with van der Waals surface area (Å²) in [5.74, 6) is 1.70. The molecule has 0 saturated carbocycles. The monoisotopic (exact) mass is 426 g/mol. The summed E-state index contributed by atoms with van der Waals surface area (Å²) >= 11 is 1.58. The molecule has 0 N–H and O–H groups in total. The highest BCUT2D eigenvalue weighted by atomic mass is 32.2. The lowest BCUT2D eigenvalue weighted by atomic mass is 10.2. The molecule has 1 saturated heterocycles. The van der Waals surface area contributed by atoms with Gasteiger partial charge in [0.15, 0.2) is 11.5 Å². The van der Waals surface area contributed by atoms with Gasteiger partial charge in [-0.25, -0.2) is 0 Å². The molecular formula is C23H26N2O4S. The van der Waals surface area contributed by atoms with Crippen LogP contribution in [-0.2, 0) is 9.59 Å². The molecule has 0 bridgehead atoms. The van der Waals surface area contributed by atoms with Gasteiger partial charge in [0.2, 0.25) is 12.0 Å². The van der Waals surface area contributed by atoms with Gasteiger partial charge < -0.3 is 19.3 Å². The second kappa shape index (κ2) is 9.00. The lowest BCUT2D eigenvalue weighted by Gasteiger charge is -2.37. The Labute approximate surface area is 181 Å². The van der Waals surface area contributed by atoms with Crippen LogP contribution in [0.2, 0.25) is 0 Å². The smallest absolute Gasteiger partial charge is 0.267 e. The number of carbonyl (C=O) groups excluding carboxylic acids is 2. The van der Waals surface area contributed by atoms with Gasteiger partial charge in [0.25, 0.3) is 5.91 Å². The van der Waals surface area contributed by atoms with Gasteiger partial charge in [0.1, 0.15) is 6.61 Å². The second-order valence-corrected chi connectivity index (χ2v) is 8.65. The van der Waals surface area contributed by atoms with Crippen molar-refractivity contribution in [3.8, 4) is 11.5 Å². The molecule has 1 fully saturated rings. The maximum Gasteiger partial charge on any atom is 0.267 e. The van der Waals surface area contributed by atoms with Crippen LogP contribution in [0.3, 0.4) is 0 Å². The van der Waals surface area contributed by atoms with E-state index in [1.807, 2.05) is 23.1 Å². The fourth-order valence-electron chi connectivity index (χ4n) is 3.61. The van der Waals surface area contributed by atoms with Crippen molar-refractivity contribution in [1.82, 2.24) is 9.80 Å². The van der Waals surface area contributed by atoms with Crippen LogP contribution in [0.15, 0.2) is 47.4 Å². The summed E-state index contributed by atoms with van der Waals surface area (Å²) in [5, 5.41) is 0. The number of fused-ring (bicyclic) bond motifs is 1. The molecule has 2 aliphatic rings. The van der Waals surface area contributed by atoms with E-state index >= 15 is 0 Å². The molecule has 0 aliphatic carbocycles. The zero-order chi connectivity index (χ0) is 21.1. The SMILES string of the molecule is Cc1ccc(C)c(SCC(=O)N2CCN(C(=O)C3COc4ccccc4O3)CC2)c1. The Morgan fingerprint density at radius 2 is 1.70 bits per heavy atom. The number of rotatable bonds is 4. The van der Waals surface area contributed by atoms with Crippen LogP contribution in [0.25, 0.3) is 0 Å². The number of hydrogen-bond acceptors (Lipinski definition) is 5. The van der Waals surface area contributed by atoms with Crippen molar-refractivity contribution in [1.29, 1.82) is 0 Å². The largest absolute Gasteiger partial charge is 0.485 e. The van der Waals surface area contributed by atoms with Crippen LogP contribution >= 0.6 is 11.8 Å². The summed E-state index contributed by atoms with van der Waals surface area (Å²) in [5.41, 5.74) is 2.38. The molecule has 158 valence electrons. The van der Waals surface area contributed by atoms with E-state index in [0.717, 1.165) is 4.90 Å². The predicted octanol–water partition coefficient (Wildman–Crippen LogP) is 2.91. The minimum Gasteiger partial charge on any atom is -0.485 e. The number of carbonyl (C=O) groups is 2. The number of amides is 2. The molecule has 6 nitrogen and oxygen atoms in total. The molecule has 4 rings (SSSR count). The van der Waals surface area contributed by atoms with E-state index in [-0.39, 0.29) is 18.4 Å². The van der Waals surface area contributed by atoms with Crippen molar-refractivity contribution < 1.29 is 19.1 Å². The first-order chi connectivity index (χ1) is 14.5. The highest BCUT2D eigenvalue weighted by Crippen LogP contribution is 2.31. The summed E-state index contributed by atoms with van der Waals surface area (Å²) in [6, 6.07) is 13.7. The second-order valence-electron chi connectivity index (χ2n) is 7.63. The molecule has 0 spiro atoms. The van der Waals surface area contributed by atoms with Gasteiger partial charge in [-0.1, -0.05) is 29.8 Å². The molecule has 2 amide bonds. The average molecular weight is 427 g/mol. The molecule has 2 aliphatic heterocycles. The topological polar surface area (TPSA) is 59.1 Å². The van der Waals surface area contributed by atoms with Gasteiger partial charge in [-0.3, -0.25) is 9.59 Å². The Balaban J connectivity index is 1.27. The number of para-hydroxylation sites is 2. The number of aryl methyl sites for hydroxylation is 2. The van der Waals surface area contributed by atoms with E-state index in [1.165, 1.54) is 11.1 Å². The van der Waals surface area contributed by atoms with Crippen molar-refractivity contribution in [3.05, 3.63) is 53.6 Å². The highest BCUT2D eigenvalue weighted by Gasteiger charge is 2.33. The first-order valence-electron chi connectivity index (χ1n) is 10.2. The quantitative estimate of drug-likeness (QED) is 0.704. The lowest BCUT2D eigenvalue weighted by molar-refractivity contribution is -0.145. The van der Waals surface area contributed by atoms with Crippen molar-refractivity contribution >= 4 is 23.6 Å². The lowest BCUT2D eigenvalue weighted by Crippen LogP contribution is -2.55. The summed E-state index contributed by atoms with van der Waals surface area (Å²) in [6.45, 7) is 6.44. The first-order valence-corrected chi connectivity index (χ1v) is 11.1. The molecule has 2 aromatic carbocycles. The Hall–Kier alpha value is -2.67. The van der Waals surface area contributed by atoms with E-state index in [2.05, 4.69) is 32.0 Å². The van der Waals surface area contributed by atoms with Crippen molar-refractivity contribution in [2.24, 2.45) is 0 Å². The number of benzene rings is 2. The number of thioether (sulfide) groups is 1. The highest BCUT2D eigenvalue weighted by molar-refractivity contribution is 8.00. The maximum absolute atomic E-state index is 12.8. The Bertz CT molecular complexity index is 941. The van der Waals surface area contributed by atoms with Crippen molar-refractivity contribution in [2.45, 2.75) is 24.8 Å². The fourth-order valence-corrected chi connectivity index (χ4v) is 4.64. The standard InChI is InChI=1S/C23H26N2O4S/c1-16-7-8-17(2)21(13-16)30-15-22(26)24-9-11-25(12-10-24)23(27)20-14-28-18-5-3-4-6-19(18)29-20/h3-8,13,20H,9-12,14-15H2,1-2H3. The van der Waals surface area contributed by atoms with E-state index in [9.17, 15) is 9.59 Å². The summed E-state index contributed by atoms with van der Waals surface area (Å²) in [6.07, 6.45) is -0.637. The Morgan fingerprint density at radius 3 is 2.47 bits per heavy atom. The maximum atomic E-state index is 12.8. The molecule has 1 atom stereocenters. The first kappa shape index (κ1) is 20.6. The molecule has 2 aromatic rings. The summed E-state index contributed by atoms with van der Waals surface area (Å²) in [7, 11) is 0. The fraction of sp³-hybridized carbons (Fsp3) is 0.391. The van der Waals surface area contributed by atoms with E-state index in [0.29, 0.717) is 43.4 Å². The third-order valence-corrected chi connectivity index (χ3v) is 6.56. The average Bonchev–Trinajstić information content (AvgIpc) is 2.78. The molecular weight excluding hydrogens is 400 g/mol. The number of ether oxygens (including phenoxy) is 2. The number of hydrogen-bond donors (Lipinski definition) is 0. The van der Waals surface area contributed by atoms with Crippen molar-refractivity contribution in [2.75, 3.05) is 38.5 Å². The zero-order valence-electron chi connectivity index (χ0n) is 17.3. The van der Waals surface area contributed by atoms with Gasteiger partial charge in [-0.05, 0) is 37.6 Å². The zero-order valence-corrected chi connectivity index (χ0v) is 18.1. The molecule has 1 unspecified atom stereocenters. The third-order valence-electron chi connectivity index (χ3n) is 5.42. The Morgan fingerprint density at radius 1 is 1.00 bits per heavy atom. The van der Waals surface area contributed by atoms with Gasteiger partial charge in [0.05, 0.1) is 5.75 Å². The summed E-state index contributed by atoms with van der Waals surface area (Å²) < 4.78 is 11.5. The molecule has 7 heteroatoms. The van der Waals surface area contributed by atoms with Crippen LogP contribution in [0, 0.1) is 13.8 Å². The minimum absolute atomic E-state index is 0.0821. The van der Waals surface area contributed by atoms with Crippen LogP contribution in [0.4, 0.5) is 0 Å². The van der Waals surface area contributed by atoms with E-state index < -0.39 is 6.10 Å². The van der Waals surface area contributed by atoms with Gasteiger partial charge in [-0.15, -0.1) is 11.8 Å². The van der Waals surface area contributed by atoms with E-state index in [4.69, 9.17) is 9.47 Å². The van der Waals surface area contributed by atoms with Crippen LogP contribution < -0.4 is 9.47 Å². The van der Waals surface area contributed by atoms with Gasteiger partial charge in [-0.2, -0.15) is 0 Å². The minimum atomic E-state index is -0.637. The van der Waals surface area contributed by atoms with E-state index in [1.54, 1.807) is 22.7 Å². The summed E-state index contributed by atoms with van der Waals surface area (Å²) in [4.78, 5) is 30.2. The number of piperazine rings is 1. The van der Waals surface area contributed by atoms with Crippen molar-refractivity contribution in [3.63, 3.8) is 0 Å². The van der Waals surface area contributed by atoms with Crippen LogP contribution in [0.5, 0.6) is 11.5 Å². The van der Waals surface area contributed by atoms with Gasteiger partial charge >= 0.3 is 0 Å². The molecule has 0 radical (unpaired) electrons. The molecule has 0 aromatic heterocycles. The van der Waals surface area contributed by atoms with Crippen LogP contribution in [0.1, 0.15) is 11.1 Å². The Kier molecular flexibility index (Phi) is 6.18. The third kappa shape index (κ3) is 4.56. The number of nitrogens with zero attached hydrogens (tertiary/aromatic N) is 2. The predicted molar refractivity (Wildman–Crippen MR) is 116 cm³/mol. The van der Waals surface area contributed by atoms with Crippen LogP contribution in [-0.4, -0.2) is 66.3 Å². The normalized spacial score (nSPS) is 18.3. The molecule has 30 heavy (non-hydrogen) atoms.